The molecule has 0 saturated heterocycles. The third kappa shape index (κ3) is 4.48. The number of benzene rings is 1. The number of hydrogen-bond donors (Lipinski definition) is 3. The smallest absolute Gasteiger partial charge is 0.264 e. The van der Waals surface area contributed by atoms with Gasteiger partial charge in [-0.15, -0.1) is 0 Å². The number of oxime groups is 1. The summed E-state index contributed by atoms with van der Waals surface area (Å²) in [5.74, 6) is 0.590. The van der Waals surface area contributed by atoms with E-state index in [1.165, 1.54) is 44.2 Å². The van der Waals surface area contributed by atoms with E-state index in [0.29, 0.717) is 17.1 Å². The number of nitrogen functional groups attached to an aromatic ring is 1. The van der Waals surface area contributed by atoms with Gasteiger partial charge < -0.3 is 15.9 Å². The van der Waals surface area contributed by atoms with Gasteiger partial charge in [0.1, 0.15) is 25.1 Å². The number of hydrogen-bond acceptors (Lipinski definition) is 10. The highest BCUT2D eigenvalue weighted by atomic mass is 32.2. The largest absolute Gasteiger partial charge is 0.399 e. The molecule has 3 rings (SSSR count). The Hall–Kier alpha value is -3.80. The average Bonchev–Trinajstić information content (AvgIpc) is 2.68. The van der Waals surface area contributed by atoms with Crippen molar-refractivity contribution in [2.45, 2.75) is 4.90 Å². The number of nitrogens with two attached hydrogens (primary N) is 1. The first kappa shape index (κ1) is 19.0. The predicted molar refractivity (Wildman–Crippen MR) is 104 cm³/mol. The first-order chi connectivity index (χ1) is 13.5. The molecular formula is C16H16N8O3S. The summed E-state index contributed by atoms with van der Waals surface area (Å²) in [4.78, 5) is 20.4. The summed E-state index contributed by atoms with van der Waals surface area (Å²) in [7, 11) is -2.42. The standard InChI is InChI=1S/C16H16N8O3S/c1-27-22-9-13-14(17)20-10-21-15(13)23-11-3-5-12(6-4-11)28(25,26)24-16-18-7-2-8-19-16/h2-10H,1H3,(H,18,19,24)(H3,17,20,21,23)/b22-9+. The molecule has 0 amide bonds. The van der Waals surface area contributed by atoms with Gasteiger partial charge in [0.05, 0.1) is 16.7 Å². The van der Waals surface area contributed by atoms with Gasteiger partial charge in [0, 0.05) is 18.1 Å². The number of nitrogens with one attached hydrogen (secondary N) is 2. The number of rotatable bonds is 7. The molecule has 0 aliphatic rings. The van der Waals surface area contributed by atoms with Crippen LogP contribution in [0.15, 0.2) is 59.1 Å². The molecule has 2 heterocycles. The van der Waals surface area contributed by atoms with E-state index in [1.807, 2.05) is 0 Å². The molecule has 0 radical (unpaired) electrons. The molecule has 0 atom stereocenters. The van der Waals surface area contributed by atoms with E-state index in [1.54, 1.807) is 18.2 Å². The van der Waals surface area contributed by atoms with Crippen molar-refractivity contribution in [1.29, 1.82) is 0 Å². The third-order valence-electron chi connectivity index (χ3n) is 3.42. The van der Waals surface area contributed by atoms with Crippen LogP contribution in [0.5, 0.6) is 0 Å². The fraction of sp³-hybridized carbons (Fsp3) is 0.0625. The Morgan fingerprint density at radius 1 is 1.11 bits per heavy atom. The van der Waals surface area contributed by atoms with Crippen molar-refractivity contribution in [3.8, 4) is 0 Å². The van der Waals surface area contributed by atoms with Crippen molar-refractivity contribution in [1.82, 2.24) is 19.9 Å². The lowest BCUT2D eigenvalue weighted by atomic mass is 10.2. The maximum absolute atomic E-state index is 12.4. The van der Waals surface area contributed by atoms with E-state index < -0.39 is 10.0 Å². The minimum atomic E-state index is -3.82. The Kier molecular flexibility index (Phi) is 5.60. The van der Waals surface area contributed by atoms with Gasteiger partial charge in [0.2, 0.25) is 5.95 Å². The molecule has 0 saturated carbocycles. The highest BCUT2D eigenvalue weighted by Gasteiger charge is 2.15. The van der Waals surface area contributed by atoms with Crippen molar-refractivity contribution in [2.24, 2.45) is 5.16 Å². The zero-order valence-corrected chi connectivity index (χ0v) is 15.5. The van der Waals surface area contributed by atoms with Gasteiger partial charge in [-0.3, -0.25) is 0 Å². The SMILES string of the molecule is CO/N=C/c1c(N)ncnc1Nc1ccc(S(=O)(=O)Nc2ncccn2)cc1. The van der Waals surface area contributed by atoms with Gasteiger partial charge in [-0.05, 0) is 30.3 Å². The van der Waals surface area contributed by atoms with Gasteiger partial charge in [0.15, 0.2) is 0 Å². The minimum Gasteiger partial charge on any atom is -0.399 e. The van der Waals surface area contributed by atoms with Crippen LogP contribution in [0.25, 0.3) is 0 Å². The van der Waals surface area contributed by atoms with E-state index in [-0.39, 0.29) is 16.7 Å². The second kappa shape index (κ2) is 8.26. The minimum absolute atomic E-state index is 0.0109. The van der Waals surface area contributed by atoms with E-state index in [9.17, 15) is 8.42 Å². The van der Waals surface area contributed by atoms with Gasteiger partial charge in [-0.1, -0.05) is 5.16 Å². The molecule has 28 heavy (non-hydrogen) atoms. The predicted octanol–water partition coefficient (Wildman–Crippen LogP) is 1.37. The fourth-order valence-electron chi connectivity index (χ4n) is 2.13. The topological polar surface area (TPSA) is 157 Å². The lowest BCUT2D eigenvalue weighted by Gasteiger charge is -2.10. The van der Waals surface area contributed by atoms with Crippen LogP contribution in [0.1, 0.15) is 5.56 Å². The first-order valence-electron chi connectivity index (χ1n) is 7.83. The van der Waals surface area contributed by atoms with Crippen molar-refractivity contribution < 1.29 is 13.3 Å². The Balaban J connectivity index is 1.80. The third-order valence-corrected chi connectivity index (χ3v) is 4.76. The lowest BCUT2D eigenvalue weighted by Crippen LogP contribution is -2.14. The molecule has 2 aromatic heterocycles. The maximum atomic E-state index is 12.4. The van der Waals surface area contributed by atoms with Crippen molar-refractivity contribution >= 4 is 39.5 Å². The van der Waals surface area contributed by atoms with Crippen LogP contribution in [-0.4, -0.2) is 41.7 Å². The molecular weight excluding hydrogens is 384 g/mol. The Morgan fingerprint density at radius 2 is 1.82 bits per heavy atom. The molecule has 0 aliphatic carbocycles. The molecule has 3 aromatic rings. The van der Waals surface area contributed by atoms with Gasteiger partial charge in [-0.2, -0.15) is 0 Å². The molecule has 0 unspecified atom stereocenters. The quantitative estimate of drug-likeness (QED) is 0.393. The van der Waals surface area contributed by atoms with Gasteiger partial charge in [0.25, 0.3) is 10.0 Å². The van der Waals surface area contributed by atoms with Crippen LogP contribution in [0, 0.1) is 0 Å². The number of aromatic nitrogens is 4. The molecule has 1 aromatic carbocycles. The Bertz CT molecular complexity index is 1070. The zero-order valence-electron chi connectivity index (χ0n) is 14.6. The zero-order chi connectivity index (χ0) is 20.0. The number of anilines is 4. The van der Waals surface area contributed by atoms with Gasteiger partial charge >= 0.3 is 0 Å². The van der Waals surface area contributed by atoms with Crippen LogP contribution >= 0.6 is 0 Å². The second-order valence-corrected chi connectivity index (χ2v) is 6.95. The summed E-state index contributed by atoms with van der Waals surface area (Å²) >= 11 is 0. The molecule has 4 N–H and O–H groups in total. The van der Waals surface area contributed by atoms with Crippen LogP contribution in [-0.2, 0) is 14.9 Å². The van der Waals surface area contributed by atoms with E-state index in [4.69, 9.17) is 5.73 Å². The lowest BCUT2D eigenvalue weighted by molar-refractivity contribution is 0.215. The highest BCUT2D eigenvalue weighted by molar-refractivity contribution is 7.92. The summed E-state index contributed by atoms with van der Waals surface area (Å²) in [6.07, 6.45) is 5.55. The normalized spacial score (nSPS) is 11.3. The fourth-order valence-corrected chi connectivity index (χ4v) is 3.08. The molecule has 0 spiro atoms. The molecule has 144 valence electrons. The summed E-state index contributed by atoms with van der Waals surface area (Å²) in [5.41, 5.74) is 6.85. The molecule has 0 bridgehead atoms. The summed E-state index contributed by atoms with van der Waals surface area (Å²) in [6.45, 7) is 0. The maximum Gasteiger partial charge on any atom is 0.264 e. The first-order valence-corrected chi connectivity index (χ1v) is 9.32. The van der Waals surface area contributed by atoms with E-state index >= 15 is 0 Å². The van der Waals surface area contributed by atoms with Crippen LogP contribution < -0.4 is 15.8 Å². The summed E-state index contributed by atoms with van der Waals surface area (Å²) in [5, 5.41) is 6.70. The summed E-state index contributed by atoms with van der Waals surface area (Å²) in [6, 6.07) is 7.61. The summed E-state index contributed by atoms with van der Waals surface area (Å²) < 4.78 is 27.1. The second-order valence-electron chi connectivity index (χ2n) is 5.27. The van der Waals surface area contributed by atoms with E-state index in [0.717, 1.165) is 0 Å². The Morgan fingerprint density at radius 3 is 2.50 bits per heavy atom. The van der Waals surface area contributed by atoms with Crippen LogP contribution in [0.3, 0.4) is 0 Å². The molecule has 0 fully saturated rings. The number of sulfonamides is 1. The monoisotopic (exact) mass is 400 g/mol. The van der Waals surface area contributed by atoms with Crippen LogP contribution in [0.2, 0.25) is 0 Å². The van der Waals surface area contributed by atoms with Crippen molar-refractivity contribution in [2.75, 3.05) is 22.9 Å². The van der Waals surface area contributed by atoms with Crippen molar-refractivity contribution in [3.05, 3.63) is 54.6 Å². The Labute approximate surface area is 160 Å². The molecule has 0 aliphatic heterocycles. The number of nitrogens with zero attached hydrogens (tertiary/aromatic N) is 5. The van der Waals surface area contributed by atoms with Crippen molar-refractivity contribution in [3.63, 3.8) is 0 Å². The van der Waals surface area contributed by atoms with E-state index in [2.05, 4.69) is 40.0 Å². The van der Waals surface area contributed by atoms with Crippen LogP contribution in [0.4, 0.5) is 23.3 Å². The van der Waals surface area contributed by atoms with Gasteiger partial charge in [-0.25, -0.2) is 33.1 Å². The molecule has 12 heteroatoms. The highest BCUT2D eigenvalue weighted by Crippen LogP contribution is 2.22. The average molecular weight is 400 g/mol. The molecule has 11 nitrogen and oxygen atoms in total.